The molecule has 2 aromatic rings. The van der Waals surface area contributed by atoms with Gasteiger partial charge in [-0.15, -0.1) is 0 Å². The standard InChI is InChI=1S/C14H14N2O2S/c17-14(18)11-13(16-8-4-5-9-16)19-12(15-11)10-6-2-1-3-7-10/h1-3,6-7H,4-5,8-9H2,(H,17,18). The van der Waals surface area contributed by atoms with Crippen LogP contribution in [-0.2, 0) is 0 Å². The zero-order valence-electron chi connectivity index (χ0n) is 10.4. The summed E-state index contributed by atoms with van der Waals surface area (Å²) in [6.07, 6.45) is 2.25. The number of hydrogen-bond acceptors (Lipinski definition) is 4. The van der Waals surface area contributed by atoms with Crippen LogP contribution in [0.1, 0.15) is 23.3 Å². The Morgan fingerprint density at radius 2 is 1.89 bits per heavy atom. The fourth-order valence-corrected chi connectivity index (χ4v) is 3.41. The van der Waals surface area contributed by atoms with E-state index in [1.54, 1.807) is 0 Å². The van der Waals surface area contributed by atoms with Gasteiger partial charge in [-0.05, 0) is 12.8 Å². The smallest absolute Gasteiger partial charge is 0.357 e. The lowest BCUT2D eigenvalue weighted by molar-refractivity contribution is 0.0692. The molecule has 0 aliphatic carbocycles. The van der Waals surface area contributed by atoms with Crippen LogP contribution in [0.4, 0.5) is 5.00 Å². The number of thiazole rings is 1. The van der Waals surface area contributed by atoms with Gasteiger partial charge in [-0.1, -0.05) is 41.7 Å². The summed E-state index contributed by atoms with van der Waals surface area (Å²) >= 11 is 1.47. The highest BCUT2D eigenvalue weighted by molar-refractivity contribution is 7.19. The predicted octanol–water partition coefficient (Wildman–Crippen LogP) is 3.11. The third kappa shape index (κ3) is 2.33. The zero-order chi connectivity index (χ0) is 13.2. The van der Waals surface area contributed by atoms with E-state index in [9.17, 15) is 9.90 Å². The Balaban J connectivity index is 2.04. The maximum absolute atomic E-state index is 11.3. The van der Waals surface area contributed by atoms with Crippen LogP contribution in [0.3, 0.4) is 0 Å². The maximum atomic E-state index is 11.3. The SMILES string of the molecule is O=C(O)c1nc(-c2ccccc2)sc1N1CCCC1. The number of carboxylic acid groups (broad SMARTS) is 1. The Labute approximate surface area is 115 Å². The van der Waals surface area contributed by atoms with Crippen molar-refractivity contribution < 1.29 is 9.90 Å². The molecule has 1 N–H and O–H groups in total. The molecule has 0 saturated carbocycles. The highest BCUT2D eigenvalue weighted by Gasteiger charge is 2.24. The molecule has 19 heavy (non-hydrogen) atoms. The van der Waals surface area contributed by atoms with E-state index in [-0.39, 0.29) is 5.69 Å². The Hall–Kier alpha value is -1.88. The fourth-order valence-electron chi connectivity index (χ4n) is 2.29. The molecule has 98 valence electrons. The Morgan fingerprint density at radius 1 is 1.21 bits per heavy atom. The third-order valence-electron chi connectivity index (χ3n) is 3.23. The second-order valence-electron chi connectivity index (χ2n) is 4.54. The van der Waals surface area contributed by atoms with Crippen LogP contribution in [-0.4, -0.2) is 29.1 Å². The Kier molecular flexibility index (Phi) is 3.21. The predicted molar refractivity (Wildman–Crippen MR) is 76.0 cm³/mol. The molecule has 1 aromatic heterocycles. The van der Waals surface area contributed by atoms with Gasteiger partial charge >= 0.3 is 5.97 Å². The summed E-state index contributed by atoms with van der Waals surface area (Å²) in [4.78, 5) is 17.8. The summed E-state index contributed by atoms with van der Waals surface area (Å²) in [5.74, 6) is -0.944. The second kappa shape index (κ2) is 5.01. The van der Waals surface area contributed by atoms with Crippen molar-refractivity contribution in [2.75, 3.05) is 18.0 Å². The van der Waals surface area contributed by atoms with E-state index in [0.29, 0.717) is 0 Å². The summed E-state index contributed by atoms with van der Waals surface area (Å²) in [7, 11) is 0. The molecular formula is C14H14N2O2S. The first kappa shape index (κ1) is 12.2. The van der Waals surface area contributed by atoms with Crippen LogP contribution in [0.2, 0.25) is 0 Å². The Bertz CT molecular complexity index is 589. The number of hydrogen-bond donors (Lipinski definition) is 1. The number of carboxylic acids is 1. The van der Waals surface area contributed by atoms with Crippen molar-refractivity contribution >= 4 is 22.3 Å². The number of benzene rings is 1. The van der Waals surface area contributed by atoms with Gasteiger partial charge in [0.05, 0.1) is 0 Å². The van der Waals surface area contributed by atoms with Gasteiger partial charge in [0, 0.05) is 18.7 Å². The monoisotopic (exact) mass is 274 g/mol. The van der Waals surface area contributed by atoms with E-state index < -0.39 is 5.97 Å². The Morgan fingerprint density at radius 3 is 2.53 bits per heavy atom. The molecule has 5 heteroatoms. The first-order valence-electron chi connectivity index (χ1n) is 6.30. The van der Waals surface area contributed by atoms with Gasteiger partial charge < -0.3 is 10.0 Å². The average molecular weight is 274 g/mol. The minimum atomic E-state index is -0.944. The van der Waals surface area contributed by atoms with Crippen molar-refractivity contribution in [3.05, 3.63) is 36.0 Å². The van der Waals surface area contributed by atoms with Gasteiger partial charge in [0.15, 0.2) is 5.69 Å². The fraction of sp³-hybridized carbons (Fsp3) is 0.286. The van der Waals surface area contributed by atoms with Gasteiger partial charge in [-0.25, -0.2) is 9.78 Å². The van der Waals surface area contributed by atoms with E-state index in [2.05, 4.69) is 9.88 Å². The van der Waals surface area contributed by atoms with Crippen molar-refractivity contribution in [2.24, 2.45) is 0 Å². The molecule has 1 aliphatic heterocycles. The minimum absolute atomic E-state index is 0.186. The molecule has 0 unspecified atom stereocenters. The zero-order valence-corrected chi connectivity index (χ0v) is 11.2. The summed E-state index contributed by atoms with van der Waals surface area (Å²) in [6, 6.07) is 9.73. The molecule has 1 aromatic carbocycles. The lowest BCUT2D eigenvalue weighted by atomic mass is 10.2. The molecule has 1 fully saturated rings. The maximum Gasteiger partial charge on any atom is 0.357 e. The van der Waals surface area contributed by atoms with Crippen molar-refractivity contribution in [3.8, 4) is 10.6 Å². The van der Waals surface area contributed by atoms with Gasteiger partial charge in [0.2, 0.25) is 0 Å². The van der Waals surface area contributed by atoms with Crippen LogP contribution in [0.15, 0.2) is 30.3 Å². The van der Waals surface area contributed by atoms with Gasteiger partial charge in [0.1, 0.15) is 10.0 Å². The number of aromatic nitrogens is 1. The molecule has 0 atom stereocenters. The van der Waals surface area contributed by atoms with Crippen molar-refractivity contribution in [2.45, 2.75) is 12.8 Å². The molecule has 0 bridgehead atoms. The van der Waals surface area contributed by atoms with E-state index in [1.807, 2.05) is 30.3 Å². The van der Waals surface area contributed by atoms with Crippen molar-refractivity contribution in [1.29, 1.82) is 0 Å². The number of anilines is 1. The summed E-state index contributed by atoms with van der Waals surface area (Å²) < 4.78 is 0. The van der Waals surface area contributed by atoms with Gasteiger partial charge in [-0.3, -0.25) is 0 Å². The van der Waals surface area contributed by atoms with Crippen LogP contribution in [0.5, 0.6) is 0 Å². The number of nitrogens with zero attached hydrogens (tertiary/aromatic N) is 2. The largest absolute Gasteiger partial charge is 0.476 e. The number of carbonyl (C=O) groups is 1. The molecule has 0 amide bonds. The van der Waals surface area contributed by atoms with E-state index in [1.165, 1.54) is 11.3 Å². The quantitative estimate of drug-likeness (QED) is 0.934. The first-order valence-corrected chi connectivity index (χ1v) is 7.12. The van der Waals surface area contributed by atoms with Crippen molar-refractivity contribution in [1.82, 2.24) is 4.98 Å². The third-order valence-corrected chi connectivity index (χ3v) is 4.39. The van der Waals surface area contributed by atoms with Gasteiger partial charge in [0.25, 0.3) is 0 Å². The normalized spacial score (nSPS) is 14.8. The van der Waals surface area contributed by atoms with Crippen LogP contribution in [0, 0.1) is 0 Å². The molecule has 4 nitrogen and oxygen atoms in total. The molecule has 1 saturated heterocycles. The molecule has 3 rings (SSSR count). The van der Waals surface area contributed by atoms with E-state index in [4.69, 9.17) is 0 Å². The number of rotatable bonds is 3. The average Bonchev–Trinajstić information content (AvgIpc) is 3.08. The summed E-state index contributed by atoms with van der Waals surface area (Å²) in [5, 5.41) is 10.9. The first-order chi connectivity index (χ1) is 9.25. The molecule has 0 radical (unpaired) electrons. The van der Waals surface area contributed by atoms with Gasteiger partial charge in [-0.2, -0.15) is 0 Å². The highest BCUT2D eigenvalue weighted by Crippen LogP contribution is 2.36. The second-order valence-corrected chi connectivity index (χ2v) is 5.52. The molecule has 1 aliphatic rings. The molecular weight excluding hydrogens is 260 g/mol. The lowest BCUT2D eigenvalue weighted by Gasteiger charge is -2.14. The van der Waals surface area contributed by atoms with Crippen LogP contribution in [0.25, 0.3) is 10.6 Å². The minimum Gasteiger partial charge on any atom is -0.476 e. The summed E-state index contributed by atoms with van der Waals surface area (Å²) in [6.45, 7) is 1.85. The topological polar surface area (TPSA) is 53.4 Å². The molecule has 2 heterocycles. The lowest BCUT2D eigenvalue weighted by Crippen LogP contribution is -2.19. The summed E-state index contributed by atoms with van der Waals surface area (Å²) in [5.41, 5.74) is 1.16. The van der Waals surface area contributed by atoms with Crippen molar-refractivity contribution in [3.63, 3.8) is 0 Å². The number of aromatic carboxylic acids is 1. The molecule has 0 spiro atoms. The van der Waals surface area contributed by atoms with E-state index in [0.717, 1.165) is 41.5 Å². The highest BCUT2D eigenvalue weighted by atomic mass is 32.1. The van der Waals surface area contributed by atoms with E-state index >= 15 is 0 Å². The van der Waals surface area contributed by atoms with Crippen LogP contribution >= 0.6 is 11.3 Å². The van der Waals surface area contributed by atoms with Crippen LogP contribution < -0.4 is 4.90 Å².